The fraction of sp³-hybridized carbons (Fsp3) is 0.333. The highest BCUT2D eigenvalue weighted by atomic mass is 19.1. The summed E-state index contributed by atoms with van der Waals surface area (Å²) in [5.74, 6) is -0.384. The second-order valence-corrected chi connectivity index (χ2v) is 5.87. The van der Waals surface area contributed by atoms with Crippen LogP contribution in [0, 0.1) is 5.82 Å². The Morgan fingerprint density at radius 2 is 2.00 bits per heavy atom. The molecule has 0 unspecified atom stereocenters. The molecule has 1 saturated carbocycles. The Kier molecular flexibility index (Phi) is 4.86. The Bertz CT molecular complexity index is 669. The number of pyridine rings is 1. The fourth-order valence-electron chi connectivity index (χ4n) is 2.98. The molecular weight excluding hydrogens is 293 g/mol. The molecule has 2 N–H and O–H groups in total. The molecule has 3 rings (SSSR count). The van der Waals surface area contributed by atoms with Crippen LogP contribution in [0.4, 0.5) is 14.9 Å². The number of carbonyl (C=O) groups is 1. The summed E-state index contributed by atoms with van der Waals surface area (Å²) in [6.07, 6.45) is 8.90. The van der Waals surface area contributed by atoms with E-state index >= 15 is 0 Å². The number of aromatic nitrogens is 1. The summed E-state index contributed by atoms with van der Waals surface area (Å²) in [7, 11) is 0. The van der Waals surface area contributed by atoms with Crippen LogP contribution >= 0.6 is 0 Å². The first-order valence-electron chi connectivity index (χ1n) is 8.00. The van der Waals surface area contributed by atoms with Crippen molar-refractivity contribution in [1.82, 2.24) is 10.3 Å². The molecule has 0 spiro atoms. The number of nitrogens with zero attached hydrogens (tertiary/aromatic N) is 1. The largest absolute Gasteiger partial charge is 0.335 e. The van der Waals surface area contributed by atoms with E-state index in [1.165, 1.54) is 18.6 Å². The Hall–Kier alpha value is -2.43. The summed E-state index contributed by atoms with van der Waals surface area (Å²) in [6.45, 7) is 0. The molecule has 2 amide bonds. The minimum atomic E-state index is -0.384. The molecule has 1 aromatic heterocycles. The van der Waals surface area contributed by atoms with Gasteiger partial charge in [-0.25, -0.2) is 9.18 Å². The van der Waals surface area contributed by atoms with Crippen LogP contribution in [0.15, 0.2) is 42.7 Å². The van der Waals surface area contributed by atoms with Crippen molar-refractivity contribution in [3.63, 3.8) is 0 Å². The van der Waals surface area contributed by atoms with Gasteiger partial charge in [0.05, 0.1) is 5.69 Å². The normalized spacial score (nSPS) is 15.2. The van der Waals surface area contributed by atoms with Crippen LogP contribution in [0.1, 0.15) is 32.1 Å². The average molecular weight is 313 g/mol. The van der Waals surface area contributed by atoms with E-state index in [-0.39, 0.29) is 17.9 Å². The zero-order valence-electron chi connectivity index (χ0n) is 12.9. The molecule has 0 aliphatic heterocycles. The zero-order chi connectivity index (χ0) is 16.1. The third kappa shape index (κ3) is 4.06. The van der Waals surface area contributed by atoms with Gasteiger partial charge in [-0.15, -0.1) is 0 Å². The highest BCUT2D eigenvalue weighted by molar-refractivity contribution is 5.94. The fourth-order valence-corrected chi connectivity index (χ4v) is 2.98. The van der Waals surface area contributed by atoms with Crippen molar-refractivity contribution in [2.45, 2.75) is 38.1 Å². The summed E-state index contributed by atoms with van der Waals surface area (Å²) in [6, 6.07) is 7.99. The predicted molar refractivity (Wildman–Crippen MR) is 88.7 cm³/mol. The van der Waals surface area contributed by atoms with Crippen molar-refractivity contribution in [3.05, 3.63) is 48.5 Å². The second-order valence-electron chi connectivity index (χ2n) is 5.87. The molecule has 1 aromatic carbocycles. The number of nitrogens with one attached hydrogen (secondary N) is 2. The van der Waals surface area contributed by atoms with Gasteiger partial charge < -0.3 is 10.6 Å². The maximum atomic E-state index is 13.6. The lowest BCUT2D eigenvalue weighted by molar-refractivity contribution is 0.244. The highest BCUT2D eigenvalue weighted by Gasteiger charge is 2.17. The summed E-state index contributed by atoms with van der Waals surface area (Å²) in [4.78, 5) is 16.3. The van der Waals surface area contributed by atoms with Gasteiger partial charge in [0.2, 0.25) is 0 Å². The predicted octanol–water partition coefficient (Wildman–Crippen LogP) is 4.34. The number of hydrogen-bond donors (Lipinski definition) is 2. The number of urea groups is 1. The zero-order valence-corrected chi connectivity index (χ0v) is 12.9. The van der Waals surface area contributed by atoms with E-state index in [0.717, 1.165) is 36.8 Å². The Balaban J connectivity index is 1.76. The summed E-state index contributed by atoms with van der Waals surface area (Å²) in [5, 5.41) is 5.76. The first-order chi connectivity index (χ1) is 11.2. The molecule has 0 saturated heterocycles. The summed E-state index contributed by atoms with van der Waals surface area (Å²) < 4.78 is 13.6. The molecule has 2 aromatic rings. The van der Waals surface area contributed by atoms with Crippen LogP contribution < -0.4 is 10.6 Å². The molecule has 1 aliphatic rings. The van der Waals surface area contributed by atoms with Crippen LogP contribution in [0.5, 0.6) is 0 Å². The molecule has 0 radical (unpaired) electrons. The Morgan fingerprint density at radius 3 is 2.74 bits per heavy atom. The second kappa shape index (κ2) is 7.22. The van der Waals surface area contributed by atoms with Gasteiger partial charge in [-0.2, -0.15) is 0 Å². The molecule has 23 heavy (non-hydrogen) atoms. The molecular formula is C18H20FN3O. The van der Waals surface area contributed by atoms with Gasteiger partial charge in [-0.3, -0.25) is 4.98 Å². The van der Waals surface area contributed by atoms with Crippen molar-refractivity contribution in [1.29, 1.82) is 0 Å². The number of amides is 2. The van der Waals surface area contributed by atoms with Gasteiger partial charge in [0.15, 0.2) is 0 Å². The van der Waals surface area contributed by atoms with Gasteiger partial charge >= 0.3 is 6.03 Å². The standard InChI is InChI=1S/C18H20FN3O/c19-14-8-9-16(13-5-4-10-20-12-13)17(11-14)22-18(23)21-15-6-2-1-3-7-15/h4-5,8-12,15H,1-3,6-7H2,(H2,21,22,23). The maximum absolute atomic E-state index is 13.6. The van der Waals surface area contributed by atoms with E-state index in [1.807, 2.05) is 12.1 Å². The van der Waals surface area contributed by atoms with Gasteiger partial charge in [-0.1, -0.05) is 25.3 Å². The topological polar surface area (TPSA) is 54.0 Å². The quantitative estimate of drug-likeness (QED) is 0.885. The molecule has 120 valence electrons. The van der Waals surface area contributed by atoms with E-state index in [1.54, 1.807) is 18.5 Å². The van der Waals surface area contributed by atoms with Crippen molar-refractivity contribution in [2.24, 2.45) is 0 Å². The summed E-state index contributed by atoms with van der Waals surface area (Å²) >= 11 is 0. The van der Waals surface area contributed by atoms with E-state index in [2.05, 4.69) is 15.6 Å². The van der Waals surface area contributed by atoms with Crippen LogP contribution in [0.3, 0.4) is 0 Å². The average Bonchev–Trinajstić information content (AvgIpc) is 2.56. The lowest BCUT2D eigenvalue weighted by atomic mass is 9.96. The van der Waals surface area contributed by atoms with Crippen molar-refractivity contribution in [2.75, 3.05) is 5.32 Å². The number of anilines is 1. The van der Waals surface area contributed by atoms with Crippen LogP contribution in [-0.2, 0) is 0 Å². The van der Waals surface area contributed by atoms with Gasteiger partial charge in [0.1, 0.15) is 5.82 Å². The molecule has 5 heteroatoms. The Morgan fingerprint density at radius 1 is 1.17 bits per heavy atom. The van der Waals surface area contributed by atoms with Crippen LogP contribution in [0.25, 0.3) is 11.1 Å². The minimum absolute atomic E-state index is 0.208. The maximum Gasteiger partial charge on any atom is 0.319 e. The van der Waals surface area contributed by atoms with Gasteiger partial charge in [0, 0.05) is 29.6 Å². The monoisotopic (exact) mass is 313 g/mol. The number of carbonyl (C=O) groups excluding carboxylic acids is 1. The molecule has 1 fully saturated rings. The van der Waals surface area contributed by atoms with Crippen LogP contribution in [-0.4, -0.2) is 17.1 Å². The first-order valence-corrected chi connectivity index (χ1v) is 8.00. The summed E-state index contributed by atoms with van der Waals surface area (Å²) in [5.41, 5.74) is 2.03. The van der Waals surface area contributed by atoms with Crippen molar-refractivity contribution in [3.8, 4) is 11.1 Å². The van der Waals surface area contributed by atoms with E-state index in [9.17, 15) is 9.18 Å². The third-order valence-corrected chi connectivity index (χ3v) is 4.14. The Labute approximate surface area is 135 Å². The lowest BCUT2D eigenvalue weighted by Gasteiger charge is -2.23. The van der Waals surface area contributed by atoms with E-state index in [0.29, 0.717) is 5.69 Å². The number of rotatable bonds is 3. The van der Waals surface area contributed by atoms with Crippen molar-refractivity contribution >= 4 is 11.7 Å². The molecule has 1 aliphatic carbocycles. The van der Waals surface area contributed by atoms with E-state index in [4.69, 9.17) is 0 Å². The molecule has 0 atom stereocenters. The highest BCUT2D eigenvalue weighted by Crippen LogP contribution is 2.28. The van der Waals surface area contributed by atoms with Gasteiger partial charge in [-0.05, 0) is 37.1 Å². The molecule has 1 heterocycles. The number of hydrogen-bond acceptors (Lipinski definition) is 2. The lowest BCUT2D eigenvalue weighted by Crippen LogP contribution is -2.39. The molecule has 4 nitrogen and oxygen atoms in total. The van der Waals surface area contributed by atoms with Crippen LogP contribution in [0.2, 0.25) is 0 Å². The minimum Gasteiger partial charge on any atom is -0.335 e. The van der Waals surface area contributed by atoms with Gasteiger partial charge in [0.25, 0.3) is 0 Å². The SMILES string of the molecule is O=C(Nc1cc(F)ccc1-c1cccnc1)NC1CCCCC1. The smallest absolute Gasteiger partial charge is 0.319 e. The first kappa shape index (κ1) is 15.5. The molecule has 0 bridgehead atoms. The third-order valence-electron chi connectivity index (χ3n) is 4.14. The van der Waals surface area contributed by atoms with E-state index < -0.39 is 0 Å². The number of halogens is 1. The van der Waals surface area contributed by atoms with Crippen molar-refractivity contribution < 1.29 is 9.18 Å². The number of benzene rings is 1.